The molecule has 1 aliphatic carbocycles. The summed E-state index contributed by atoms with van der Waals surface area (Å²) in [5, 5.41) is 3.02. The van der Waals surface area contributed by atoms with Crippen LogP contribution in [0.15, 0.2) is 0 Å². The summed E-state index contributed by atoms with van der Waals surface area (Å²) in [6.07, 6.45) is 14.3. The third-order valence-electron chi connectivity index (χ3n) is 3.53. The molecule has 2 nitrogen and oxygen atoms in total. The fraction of sp³-hybridized carbons (Fsp3) is 0.933. The molecule has 1 N–H and O–H groups in total. The first-order chi connectivity index (χ1) is 8.34. The fourth-order valence-corrected chi connectivity index (χ4v) is 2.14. The van der Waals surface area contributed by atoms with Gasteiger partial charge in [-0.25, -0.2) is 0 Å². The number of amides is 1. The topological polar surface area (TPSA) is 29.1 Å². The smallest absolute Gasteiger partial charge is 0.223 e. The maximum absolute atomic E-state index is 11.3. The second-order valence-corrected chi connectivity index (χ2v) is 5.39. The molecule has 0 atom stereocenters. The minimum Gasteiger partial charge on any atom is -0.356 e. The molecule has 0 spiro atoms. The molecule has 1 aliphatic rings. The van der Waals surface area contributed by atoms with Crippen LogP contribution in [0.3, 0.4) is 0 Å². The van der Waals surface area contributed by atoms with Crippen molar-refractivity contribution in [3.63, 3.8) is 0 Å². The summed E-state index contributed by atoms with van der Waals surface area (Å²) in [5.74, 6) is 0.665. The Morgan fingerprint density at radius 3 is 2.00 bits per heavy atom. The van der Waals surface area contributed by atoms with Crippen LogP contribution in [-0.2, 0) is 4.79 Å². The van der Waals surface area contributed by atoms with E-state index >= 15 is 0 Å². The normalized spacial score (nSPS) is 14.9. The van der Waals surface area contributed by atoms with Crippen LogP contribution in [0.1, 0.15) is 77.6 Å². The van der Waals surface area contributed by atoms with Gasteiger partial charge in [0.25, 0.3) is 0 Å². The Morgan fingerprint density at radius 2 is 1.47 bits per heavy atom. The summed E-state index contributed by atoms with van der Waals surface area (Å²) in [4.78, 5) is 11.3. The first-order valence-corrected chi connectivity index (χ1v) is 7.62. The van der Waals surface area contributed by atoms with Crippen LogP contribution in [0, 0.1) is 5.92 Å². The highest BCUT2D eigenvalue weighted by Gasteiger charge is 2.28. The molecule has 0 radical (unpaired) electrons. The van der Waals surface area contributed by atoms with Gasteiger partial charge in [-0.3, -0.25) is 4.79 Å². The molecule has 0 aliphatic heterocycles. The molecule has 0 unspecified atom stereocenters. The molecule has 0 aromatic rings. The van der Waals surface area contributed by atoms with Crippen LogP contribution in [0.2, 0.25) is 0 Å². The SMILES string of the molecule is CCCCCCCCCCCNC(=O)C1CC1. The van der Waals surface area contributed by atoms with Gasteiger partial charge in [-0.15, -0.1) is 0 Å². The van der Waals surface area contributed by atoms with Crippen molar-refractivity contribution in [1.29, 1.82) is 0 Å². The van der Waals surface area contributed by atoms with Gasteiger partial charge in [0.1, 0.15) is 0 Å². The number of carbonyl (C=O) groups excluding carboxylic acids is 1. The second kappa shape index (κ2) is 9.49. The Morgan fingerprint density at radius 1 is 0.941 bits per heavy atom. The summed E-state index contributed by atoms with van der Waals surface area (Å²) in [6.45, 7) is 3.15. The molecular weight excluding hydrogens is 210 g/mol. The lowest BCUT2D eigenvalue weighted by atomic mass is 10.1. The minimum atomic E-state index is 0.296. The molecule has 0 aromatic carbocycles. The average Bonchev–Trinajstić information content (AvgIpc) is 3.15. The molecule has 0 heterocycles. The zero-order valence-corrected chi connectivity index (χ0v) is 11.5. The highest BCUT2D eigenvalue weighted by Crippen LogP contribution is 2.28. The van der Waals surface area contributed by atoms with Gasteiger partial charge in [0.15, 0.2) is 0 Å². The Hall–Kier alpha value is -0.530. The van der Waals surface area contributed by atoms with Crippen LogP contribution >= 0.6 is 0 Å². The van der Waals surface area contributed by atoms with Crippen molar-refractivity contribution in [1.82, 2.24) is 5.32 Å². The van der Waals surface area contributed by atoms with Gasteiger partial charge in [-0.1, -0.05) is 58.3 Å². The van der Waals surface area contributed by atoms with Crippen LogP contribution < -0.4 is 5.32 Å². The molecular formula is C15H29NO. The van der Waals surface area contributed by atoms with Crippen molar-refractivity contribution >= 4 is 5.91 Å². The van der Waals surface area contributed by atoms with Crippen molar-refractivity contribution in [2.24, 2.45) is 5.92 Å². The van der Waals surface area contributed by atoms with Gasteiger partial charge < -0.3 is 5.32 Å². The van der Waals surface area contributed by atoms with E-state index in [1.165, 1.54) is 51.4 Å². The molecule has 0 aromatic heterocycles. The number of rotatable bonds is 11. The predicted octanol–water partition coefficient (Wildman–Crippen LogP) is 4.04. The third-order valence-corrected chi connectivity index (χ3v) is 3.53. The monoisotopic (exact) mass is 239 g/mol. The van der Waals surface area contributed by atoms with Crippen LogP contribution in [0.25, 0.3) is 0 Å². The van der Waals surface area contributed by atoms with Crippen molar-refractivity contribution < 1.29 is 4.79 Å². The fourth-order valence-electron chi connectivity index (χ4n) is 2.14. The van der Waals surface area contributed by atoms with E-state index in [0.717, 1.165) is 25.8 Å². The lowest BCUT2D eigenvalue weighted by Crippen LogP contribution is -2.25. The first kappa shape index (κ1) is 14.5. The number of hydrogen-bond acceptors (Lipinski definition) is 1. The van der Waals surface area contributed by atoms with Gasteiger partial charge in [-0.05, 0) is 19.3 Å². The van der Waals surface area contributed by atoms with E-state index in [-0.39, 0.29) is 0 Å². The standard InChI is InChI=1S/C15H29NO/c1-2-3-4-5-6-7-8-9-10-13-16-15(17)14-11-12-14/h14H,2-13H2,1H3,(H,16,17). The predicted molar refractivity (Wildman–Crippen MR) is 73.0 cm³/mol. The van der Waals surface area contributed by atoms with Crippen molar-refractivity contribution in [2.45, 2.75) is 77.6 Å². The van der Waals surface area contributed by atoms with Gasteiger partial charge in [0.05, 0.1) is 0 Å². The van der Waals surface area contributed by atoms with Crippen molar-refractivity contribution in [3.8, 4) is 0 Å². The van der Waals surface area contributed by atoms with E-state index in [0.29, 0.717) is 11.8 Å². The van der Waals surface area contributed by atoms with Crippen molar-refractivity contribution in [2.75, 3.05) is 6.54 Å². The Kier molecular flexibility index (Phi) is 8.12. The van der Waals surface area contributed by atoms with Crippen molar-refractivity contribution in [3.05, 3.63) is 0 Å². The molecule has 0 saturated heterocycles. The molecule has 1 saturated carbocycles. The zero-order valence-electron chi connectivity index (χ0n) is 11.5. The molecule has 0 bridgehead atoms. The molecule has 1 amide bonds. The maximum atomic E-state index is 11.3. The summed E-state index contributed by atoms with van der Waals surface area (Å²) in [6, 6.07) is 0. The number of carbonyl (C=O) groups is 1. The Bertz CT molecular complexity index is 199. The minimum absolute atomic E-state index is 0.296. The lowest BCUT2D eigenvalue weighted by molar-refractivity contribution is -0.122. The van der Waals surface area contributed by atoms with E-state index in [1.54, 1.807) is 0 Å². The van der Waals surface area contributed by atoms with E-state index in [9.17, 15) is 4.79 Å². The molecule has 17 heavy (non-hydrogen) atoms. The Balaban J connectivity index is 1.70. The average molecular weight is 239 g/mol. The number of hydrogen-bond donors (Lipinski definition) is 1. The summed E-state index contributed by atoms with van der Waals surface area (Å²) in [7, 11) is 0. The van der Waals surface area contributed by atoms with Crippen LogP contribution in [0.5, 0.6) is 0 Å². The van der Waals surface area contributed by atoms with E-state index in [1.807, 2.05) is 0 Å². The summed E-state index contributed by atoms with van der Waals surface area (Å²) < 4.78 is 0. The number of nitrogens with one attached hydrogen (secondary N) is 1. The zero-order chi connectivity index (χ0) is 12.3. The molecule has 1 rings (SSSR count). The first-order valence-electron chi connectivity index (χ1n) is 7.62. The van der Waals surface area contributed by atoms with Crippen LogP contribution in [0.4, 0.5) is 0 Å². The quantitative estimate of drug-likeness (QED) is 0.542. The summed E-state index contributed by atoms with van der Waals surface area (Å²) >= 11 is 0. The third kappa shape index (κ3) is 8.23. The van der Waals surface area contributed by atoms with Gasteiger partial charge in [0, 0.05) is 12.5 Å². The van der Waals surface area contributed by atoms with E-state index in [2.05, 4.69) is 12.2 Å². The van der Waals surface area contributed by atoms with Gasteiger partial charge in [-0.2, -0.15) is 0 Å². The van der Waals surface area contributed by atoms with E-state index in [4.69, 9.17) is 0 Å². The van der Waals surface area contributed by atoms with Gasteiger partial charge >= 0.3 is 0 Å². The molecule has 2 heteroatoms. The lowest BCUT2D eigenvalue weighted by Gasteiger charge is -2.04. The van der Waals surface area contributed by atoms with Gasteiger partial charge in [0.2, 0.25) is 5.91 Å². The molecule has 1 fully saturated rings. The highest BCUT2D eigenvalue weighted by atomic mass is 16.2. The van der Waals surface area contributed by atoms with Crippen LogP contribution in [-0.4, -0.2) is 12.5 Å². The Labute approximate surface area is 107 Å². The molecule has 100 valence electrons. The van der Waals surface area contributed by atoms with E-state index < -0.39 is 0 Å². The summed E-state index contributed by atoms with van der Waals surface area (Å²) in [5.41, 5.74) is 0. The second-order valence-electron chi connectivity index (χ2n) is 5.39. The highest BCUT2D eigenvalue weighted by molar-refractivity contribution is 5.80. The number of unbranched alkanes of at least 4 members (excludes halogenated alkanes) is 8. The maximum Gasteiger partial charge on any atom is 0.223 e. The largest absolute Gasteiger partial charge is 0.356 e.